The van der Waals surface area contributed by atoms with E-state index in [1.54, 1.807) is 6.07 Å². The number of hydrogen-bond donors (Lipinski definition) is 1. The molecule has 5 heteroatoms. The van der Waals surface area contributed by atoms with Crippen molar-refractivity contribution in [3.63, 3.8) is 0 Å². The summed E-state index contributed by atoms with van der Waals surface area (Å²) in [6.07, 6.45) is -0.886. The molecule has 1 aliphatic rings. The Morgan fingerprint density at radius 3 is 2.48 bits per heavy atom. The number of para-hydroxylation sites is 1. The number of aryl methyl sites for hydroxylation is 2. The maximum absolute atomic E-state index is 13.1. The number of ether oxygens (including phenoxy) is 1. The van der Waals surface area contributed by atoms with Crippen LogP contribution >= 0.6 is 0 Å². The van der Waals surface area contributed by atoms with Crippen LogP contribution in [0.2, 0.25) is 0 Å². The lowest BCUT2D eigenvalue weighted by atomic mass is 10.0. The van der Waals surface area contributed by atoms with Crippen molar-refractivity contribution in [3.05, 3.63) is 59.2 Å². The Bertz CT molecular complexity index is 786. The summed E-state index contributed by atoms with van der Waals surface area (Å²) < 4.78 is 4.88. The summed E-state index contributed by atoms with van der Waals surface area (Å²) >= 11 is 0. The quantitative estimate of drug-likeness (QED) is 0.867. The van der Waals surface area contributed by atoms with Gasteiger partial charge in [0.05, 0.1) is 12.7 Å². The molecule has 0 aliphatic carbocycles. The third-order valence-electron chi connectivity index (χ3n) is 4.06. The van der Waals surface area contributed by atoms with E-state index in [4.69, 9.17) is 4.74 Å². The second-order valence-electron chi connectivity index (χ2n) is 5.53. The van der Waals surface area contributed by atoms with E-state index < -0.39 is 12.1 Å². The maximum atomic E-state index is 13.1. The van der Waals surface area contributed by atoms with Crippen LogP contribution in [0.3, 0.4) is 0 Å². The first-order chi connectivity index (χ1) is 11.0. The largest absolute Gasteiger partial charge is 0.466 e. The number of nitrogens with zero attached hydrogens (tertiary/aromatic N) is 1. The monoisotopic (exact) mass is 310 g/mol. The van der Waals surface area contributed by atoms with Gasteiger partial charge in [0.25, 0.3) is 5.91 Å². The normalized spacial score (nSPS) is 16.6. The van der Waals surface area contributed by atoms with Crippen molar-refractivity contribution >= 4 is 23.3 Å². The first-order valence-corrected chi connectivity index (χ1v) is 7.37. The number of fused-ring (bicyclic) bond motifs is 1. The lowest BCUT2D eigenvalue weighted by Crippen LogP contribution is -2.54. The predicted molar refractivity (Wildman–Crippen MR) is 88.6 cm³/mol. The van der Waals surface area contributed by atoms with E-state index in [-0.39, 0.29) is 5.91 Å². The Labute approximate surface area is 134 Å². The molecule has 0 bridgehead atoms. The van der Waals surface area contributed by atoms with Crippen molar-refractivity contribution in [2.45, 2.75) is 20.0 Å². The van der Waals surface area contributed by atoms with E-state index in [1.165, 1.54) is 12.0 Å². The molecule has 1 aliphatic heterocycles. The molecule has 0 radical (unpaired) electrons. The van der Waals surface area contributed by atoms with Gasteiger partial charge in [-0.25, -0.2) is 4.79 Å². The van der Waals surface area contributed by atoms with Crippen LogP contribution in [0, 0.1) is 13.8 Å². The molecule has 3 rings (SSSR count). The molecular formula is C18H18N2O3. The van der Waals surface area contributed by atoms with E-state index in [0.29, 0.717) is 16.9 Å². The smallest absolute Gasteiger partial charge is 0.349 e. The van der Waals surface area contributed by atoms with Crippen molar-refractivity contribution in [2.24, 2.45) is 0 Å². The summed E-state index contributed by atoms with van der Waals surface area (Å²) in [4.78, 5) is 26.8. The molecule has 0 spiro atoms. The SMILES string of the molecule is COC(=O)C1Nc2cccc(C)c2C(=O)N1c1ccccc1C. The molecule has 5 nitrogen and oxygen atoms in total. The van der Waals surface area contributed by atoms with Gasteiger partial charge in [-0.15, -0.1) is 0 Å². The van der Waals surface area contributed by atoms with Gasteiger partial charge in [0.2, 0.25) is 6.17 Å². The van der Waals surface area contributed by atoms with Crippen molar-refractivity contribution in [1.82, 2.24) is 0 Å². The zero-order chi connectivity index (χ0) is 16.6. The van der Waals surface area contributed by atoms with Crippen LogP contribution in [-0.4, -0.2) is 25.2 Å². The average molecular weight is 310 g/mol. The summed E-state index contributed by atoms with van der Waals surface area (Å²) in [5.41, 5.74) is 3.69. The highest BCUT2D eigenvalue weighted by atomic mass is 16.5. The van der Waals surface area contributed by atoms with Gasteiger partial charge in [0.1, 0.15) is 0 Å². The fourth-order valence-corrected chi connectivity index (χ4v) is 2.88. The summed E-state index contributed by atoms with van der Waals surface area (Å²) in [6.45, 7) is 3.79. The number of carbonyl (C=O) groups is 2. The van der Waals surface area contributed by atoms with Crippen molar-refractivity contribution in [3.8, 4) is 0 Å². The fraction of sp³-hybridized carbons (Fsp3) is 0.222. The Balaban J connectivity index is 2.18. The van der Waals surface area contributed by atoms with Gasteiger partial charge in [-0.3, -0.25) is 9.69 Å². The number of benzene rings is 2. The Kier molecular flexibility index (Phi) is 3.78. The van der Waals surface area contributed by atoms with E-state index >= 15 is 0 Å². The molecule has 0 aromatic heterocycles. The van der Waals surface area contributed by atoms with Gasteiger partial charge in [-0.05, 0) is 37.1 Å². The highest BCUT2D eigenvalue weighted by Crippen LogP contribution is 2.33. The van der Waals surface area contributed by atoms with Crippen LogP contribution in [0.4, 0.5) is 11.4 Å². The molecule has 2 aromatic rings. The Hall–Kier alpha value is -2.82. The first-order valence-electron chi connectivity index (χ1n) is 7.37. The summed E-state index contributed by atoms with van der Waals surface area (Å²) in [5.74, 6) is -0.713. The third kappa shape index (κ3) is 2.44. The predicted octanol–water partition coefficient (Wildman–Crippen LogP) is 2.87. The van der Waals surface area contributed by atoms with Crippen molar-refractivity contribution in [2.75, 3.05) is 17.3 Å². The number of amides is 1. The lowest BCUT2D eigenvalue weighted by Gasteiger charge is -2.37. The summed E-state index contributed by atoms with van der Waals surface area (Å²) in [7, 11) is 1.32. The highest BCUT2D eigenvalue weighted by molar-refractivity contribution is 6.16. The van der Waals surface area contributed by atoms with Gasteiger partial charge in [-0.1, -0.05) is 30.3 Å². The number of carbonyl (C=O) groups excluding carboxylic acids is 2. The Morgan fingerprint density at radius 2 is 1.78 bits per heavy atom. The van der Waals surface area contributed by atoms with Crippen molar-refractivity contribution in [1.29, 1.82) is 0 Å². The van der Waals surface area contributed by atoms with Crippen LogP contribution in [0.25, 0.3) is 0 Å². The number of anilines is 2. The maximum Gasteiger partial charge on any atom is 0.349 e. The van der Waals surface area contributed by atoms with Gasteiger partial charge < -0.3 is 10.1 Å². The lowest BCUT2D eigenvalue weighted by molar-refractivity contribution is -0.141. The van der Waals surface area contributed by atoms with E-state index in [0.717, 1.165) is 11.1 Å². The summed E-state index contributed by atoms with van der Waals surface area (Å²) in [5, 5.41) is 3.13. The van der Waals surface area contributed by atoms with Crippen LogP contribution in [0.1, 0.15) is 21.5 Å². The topological polar surface area (TPSA) is 58.6 Å². The first kappa shape index (κ1) is 15.1. The Morgan fingerprint density at radius 1 is 1.09 bits per heavy atom. The molecule has 1 atom stereocenters. The molecule has 1 amide bonds. The van der Waals surface area contributed by atoms with Crippen molar-refractivity contribution < 1.29 is 14.3 Å². The van der Waals surface area contributed by atoms with Gasteiger partial charge in [0, 0.05) is 11.4 Å². The minimum atomic E-state index is -0.886. The van der Waals surface area contributed by atoms with Crippen LogP contribution in [0.15, 0.2) is 42.5 Å². The third-order valence-corrected chi connectivity index (χ3v) is 4.06. The van der Waals surface area contributed by atoms with Gasteiger partial charge in [0.15, 0.2) is 0 Å². The molecular weight excluding hydrogens is 292 g/mol. The fourth-order valence-electron chi connectivity index (χ4n) is 2.88. The number of nitrogens with one attached hydrogen (secondary N) is 1. The zero-order valence-electron chi connectivity index (χ0n) is 13.3. The number of methoxy groups -OCH3 is 1. The molecule has 2 aromatic carbocycles. The zero-order valence-corrected chi connectivity index (χ0v) is 13.3. The molecule has 0 saturated carbocycles. The average Bonchev–Trinajstić information content (AvgIpc) is 2.55. The minimum Gasteiger partial charge on any atom is -0.466 e. The molecule has 23 heavy (non-hydrogen) atoms. The highest BCUT2D eigenvalue weighted by Gasteiger charge is 2.39. The molecule has 1 N–H and O–H groups in total. The standard InChI is InChI=1S/C18H18N2O3/c1-11-7-4-5-10-14(11)20-16(18(22)23-3)19-13-9-6-8-12(2)15(13)17(20)21/h4-10,16,19H,1-3H3. The minimum absolute atomic E-state index is 0.207. The molecule has 118 valence electrons. The molecule has 0 fully saturated rings. The number of rotatable bonds is 2. The van der Waals surface area contributed by atoms with Gasteiger partial charge in [-0.2, -0.15) is 0 Å². The molecule has 1 heterocycles. The second-order valence-corrected chi connectivity index (χ2v) is 5.53. The van der Waals surface area contributed by atoms with Crippen LogP contribution in [0.5, 0.6) is 0 Å². The van der Waals surface area contributed by atoms with E-state index in [9.17, 15) is 9.59 Å². The number of hydrogen-bond acceptors (Lipinski definition) is 4. The molecule has 0 saturated heterocycles. The number of esters is 1. The second kappa shape index (κ2) is 5.76. The van der Waals surface area contributed by atoms with Crippen LogP contribution in [-0.2, 0) is 9.53 Å². The van der Waals surface area contributed by atoms with E-state index in [1.807, 2.05) is 50.2 Å². The van der Waals surface area contributed by atoms with Crippen LogP contribution < -0.4 is 10.2 Å². The van der Waals surface area contributed by atoms with E-state index in [2.05, 4.69) is 5.32 Å². The molecule has 1 unspecified atom stereocenters. The van der Waals surface area contributed by atoms with Gasteiger partial charge >= 0.3 is 5.97 Å². The summed E-state index contributed by atoms with van der Waals surface area (Å²) in [6, 6.07) is 13.0.